The topological polar surface area (TPSA) is 89.4 Å². The number of amides is 3. The lowest BCUT2D eigenvalue weighted by atomic mass is 10.0. The Morgan fingerprint density at radius 1 is 1.06 bits per heavy atom. The summed E-state index contributed by atoms with van der Waals surface area (Å²) in [5.74, 6) is 0.295. The summed E-state index contributed by atoms with van der Waals surface area (Å²) < 4.78 is 10.8. The van der Waals surface area contributed by atoms with Gasteiger partial charge in [0, 0.05) is 17.7 Å². The molecule has 186 valence electrons. The summed E-state index contributed by atoms with van der Waals surface area (Å²) >= 11 is 0. The van der Waals surface area contributed by atoms with E-state index in [1.807, 2.05) is 24.3 Å². The number of nitrogens with zero attached hydrogens (tertiary/aromatic N) is 1. The van der Waals surface area contributed by atoms with E-state index in [-0.39, 0.29) is 23.8 Å². The lowest BCUT2D eigenvalue weighted by Crippen LogP contribution is -3.15. The van der Waals surface area contributed by atoms with Crippen molar-refractivity contribution in [2.75, 3.05) is 46.5 Å². The second kappa shape index (κ2) is 11.0. The molecule has 2 aromatic carbocycles. The van der Waals surface area contributed by atoms with Gasteiger partial charge >= 0.3 is 0 Å². The number of fused-ring (bicyclic) bond motifs is 1. The fourth-order valence-electron chi connectivity index (χ4n) is 4.64. The highest BCUT2D eigenvalue weighted by atomic mass is 16.5. The summed E-state index contributed by atoms with van der Waals surface area (Å²) in [5.41, 5.74) is 2.15. The van der Waals surface area contributed by atoms with E-state index in [0.29, 0.717) is 48.9 Å². The van der Waals surface area contributed by atoms with Gasteiger partial charge in [0.2, 0.25) is 0 Å². The van der Waals surface area contributed by atoms with Crippen molar-refractivity contribution >= 4 is 17.7 Å². The molecule has 2 aliphatic rings. The van der Waals surface area contributed by atoms with E-state index in [9.17, 15) is 14.4 Å². The van der Waals surface area contributed by atoms with Crippen LogP contribution in [0.25, 0.3) is 0 Å². The predicted octanol–water partition coefficient (Wildman–Crippen LogP) is 1.72. The van der Waals surface area contributed by atoms with Crippen LogP contribution in [0.2, 0.25) is 0 Å². The summed E-state index contributed by atoms with van der Waals surface area (Å²) in [6.07, 6.45) is 0.745. The van der Waals surface area contributed by atoms with Crippen molar-refractivity contribution in [3.63, 3.8) is 0 Å². The SMILES string of the molecule is COc1ccc([C@H](CNC(=O)c2ccc3c(c2)C(=O)N(CCC(C)C)C3=O)[NH+]2CCOCC2)cc1. The van der Waals surface area contributed by atoms with Crippen LogP contribution in [0.3, 0.4) is 0 Å². The monoisotopic (exact) mass is 480 g/mol. The maximum Gasteiger partial charge on any atom is 0.261 e. The molecule has 4 rings (SSSR count). The lowest BCUT2D eigenvalue weighted by Gasteiger charge is -2.32. The Morgan fingerprint density at radius 2 is 1.74 bits per heavy atom. The Balaban J connectivity index is 1.47. The van der Waals surface area contributed by atoms with Gasteiger partial charge in [0.25, 0.3) is 17.7 Å². The third-order valence-electron chi connectivity index (χ3n) is 6.78. The molecule has 8 heteroatoms. The van der Waals surface area contributed by atoms with Crippen LogP contribution in [0.1, 0.15) is 62.9 Å². The number of methoxy groups -OCH3 is 1. The van der Waals surface area contributed by atoms with Crippen molar-refractivity contribution < 1.29 is 28.8 Å². The summed E-state index contributed by atoms with van der Waals surface area (Å²) in [7, 11) is 1.64. The van der Waals surface area contributed by atoms with Crippen LogP contribution in [-0.2, 0) is 4.74 Å². The number of carbonyl (C=O) groups is 3. The van der Waals surface area contributed by atoms with Crippen molar-refractivity contribution in [2.45, 2.75) is 26.3 Å². The van der Waals surface area contributed by atoms with Crippen LogP contribution in [0.5, 0.6) is 5.75 Å². The van der Waals surface area contributed by atoms with E-state index in [0.717, 1.165) is 30.8 Å². The molecule has 0 saturated carbocycles. The lowest BCUT2D eigenvalue weighted by molar-refractivity contribution is -0.937. The van der Waals surface area contributed by atoms with Crippen LogP contribution < -0.4 is 15.0 Å². The molecule has 0 unspecified atom stereocenters. The van der Waals surface area contributed by atoms with Crippen molar-refractivity contribution in [1.29, 1.82) is 0 Å². The van der Waals surface area contributed by atoms with Crippen LogP contribution in [-0.4, -0.2) is 69.1 Å². The van der Waals surface area contributed by atoms with Crippen LogP contribution in [0.4, 0.5) is 0 Å². The van der Waals surface area contributed by atoms with Gasteiger partial charge in [0.05, 0.1) is 38.0 Å². The second-order valence-electron chi connectivity index (χ2n) is 9.51. The Kier molecular flexibility index (Phi) is 7.83. The first-order valence-electron chi connectivity index (χ1n) is 12.2. The van der Waals surface area contributed by atoms with Crippen LogP contribution in [0, 0.1) is 5.92 Å². The zero-order chi connectivity index (χ0) is 24.9. The highest BCUT2D eigenvalue weighted by Gasteiger charge is 2.36. The Morgan fingerprint density at radius 3 is 2.40 bits per heavy atom. The van der Waals surface area contributed by atoms with Gasteiger partial charge in [0.1, 0.15) is 24.9 Å². The number of hydrogen-bond acceptors (Lipinski definition) is 5. The van der Waals surface area contributed by atoms with Gasteiger partial charge in [-0.25, -0.2) is 0 Å². The van der Waals surface area contributed by atoms with Gasteiger partial charge in [-0.2, -0.15) is 0 Å². The first-order chi connectivity index (χ1) is 16.9. The number of rotatable bonds is 9. The molecule has 0 radical (unpaired) electrons. The molecule has 35 heavy (non-hydrogen) atoms. The summed E-state index contributed by atoms with van der Waals surface area (Å²) in [5, 5.41) is 3.05. The summed E-state index contributed by atoms with van der Waals surface area (Å²) in [6.45, 7) is 8.01. The molecule has 0 bridgehead atoms. The van der Waals surface area contributed by atoms with Gasteiger partial charge in [-0.3, -0.25) is 19.3 Å². The van der Waals surface area contributed by atoms with Crippen LogP contribution in [0.15, 0.2) is 42.5 Å². The fraction of sp³-hybridized carbons (Fsp3) is 0.444. The number of imide groups is 1. The average molecular weight is 481 g/mol. The number of carbonyl (C=O) groups excluding carboxylic acids is 3. The van der Waals surface area contributed by atoms with E-state index in [1.165, 1.54) is 9.80 Å². The maximum atomic E-state index is 13.1. The Labute approximate surface area is 206 Å². The standard InChI is InChI=1S/C27H33N3O5/c1-18(2)10-11-30-26(32)22-9-6-20(16-23(22)27(30)33)25(31)28-17-24(29-12-14-35-15-13-29)19-4-7-21(34-3)8-5-19/h4-9,16,18,24H,10-15,17H2,1-3H3,(H,28,31)/p+1/t24-/m0/s1. The van der Waals surface area contributed by atoms with E-state index < -0.39 is 0 Å². The maximum absolute atomic E-state index is 13.1. The van der Waals surface area contributed by atoms with E-state index in [2.05, 4.69) is 19.2 Å². The normalized spacial score (nSPS) is 17.0. The molecule has 0 aromatic heterocycles. The minimum Gasteiger partial charge on any atom is -0.497 e. The molecule has 0 spiro atoms. The van der Waals surface area contributed by atoms with E-state index in [4.69, 9.17) is 9.47 Å². The summed E-state index contributed by atoms with van der Waals surface area (Å²) in [4.78, 5) is 41.2. The molecule has 3 amide bonds. The van der Waals surface area contributed by atoms with Gasteiger partial charge in [-0.1, -0.05) is 13.8 Å². The third-order valence-corrected chi connectivity index (χ3v) is 6.78. The van der Waals surface area contributed by atoms with Gasteiger partial charge in [0.15, 0.2) is 0 Å². The van der Waals surface area contributed by atoms with Gasteiger partial charge in [-0.05, 0) is 54.8 Å². The predicted molar refractivity (Wildman–Crippen MR) is 131 cm³/mol. The number of hydrogen-bond donors (Lipinski definition) is 2. The molecule has 1 fully saturated rings. The van der Waals surface area contributed by atoms with Crippen molar-refractivity contribution in [2.24, 2.45) is 5.92 Å². The first-order valence-corrected chi connectivity index (χ1v) is 12.2. The summed E-state index contributed by atoms with van der Waals surface area (Å²) in [6, 6.07) is 12.7. The molecule has 1 atom stereocenters. The molecular formula is C27H34N3O5+. The molecule has 2 aliphatic heterocycles. The zero-order valence-electron chi connectivity index (χ0n) is 20.6. The molecule has 8 nitrogen and oxygen atoms in total. The molecule has 2 N–H and O–H groups in total. The zero-order valence-corrected chi connectivity index (χ0v) is 20.6. The number of morpholine rings is 1. The van der Waals surface area contributed by atoms with Crippen molar-refractivity contribution in [1.82, 2.24) is 10.2 Å². The smallest absolute Gasteiger partial charge is 0.261 e. The Bertz CT molecular complexity index is 1080. The van der Waals surface area contributed by atoms with E-state index in [1.54, 1.807) is 25.3 Å². The molecule has 2 aromatic rings. The first kappa shape index (κ1) is 24.9. The second-order valence-corrected chi connectivity index (χ2v) is 9.51. The minimum atomic E-state index is -0.325. The highest BCUT2D eigenvalue weighted by Crippen LogP contribution is 2.25. The largest absolute Gasteiger partial charge is 0.497 e. The van der Waals surface area contributed by atoms with Crippen molar-refractivity contribution in [3.8, 4) is 5.75 Å². The van der Waals surface area contributed by atoms with Crippen molar-refractivity contribution in [3.05, 3.63) is 64.7 Å². The van der Waals surface area contributed by atoms with Gasteiger partial charge in [-0.15, -0.1) is 0 Å². The minimum absolute atomic E-state index is 0.0536. The molecule has 2 heterocycles. The number of ether oxygens (including phenoxy) is 2. The van der Waals surface area contributed by atoms with Gasteiger partial charge < -0.3 is 19.7 Å². The van der Waals surface area contributed by atoms with Crippen LogP contribution >= 0.6 is 0 Å². The number of benzene rings is 2. The Hall–Kier alpha value is -3.23. The molecular weight excluding hydrogens is 446 g/mol. The van der Waals surface area contributed by atoms with E-state index >= 15 is 0 Å². The highest BCUT2D eigenvalue weighted by molar-refractivity contribution is 6.22. The molecule has 0 aliphatic carbocycles. The molecule has 1 saturated heterocycles. The number of quaternary nitrogens is 1. The fourth-order valence-corrected chi connectivity index (χ4v) is 4.64. The quantitative estimate of drug-likeness (QED) is 0.534. The third kappa shape index (κ3) is 5.55. The number of nitrogens with one attached hydrogen (secondary N) is 2. The average Bonchev–Trinajstić information content (AvgIpc) is 3.12.